The Morgan fingerprint density at radius 1 is 1.07 bits per heavy atom. The first-order chi connectivity index (χ1) is 13.0. The molecule has 0 bridgehead atoms. The number of hydrogen-bond acceptors (Lipinski definition) is 5. The van der Waals surface area contributed by atoms with E-state index < -0.39 is 10.0 Å². The first-order valence-corrected chi connectivity index (χ1v) is 11.4. The van der Waals surface area contributed by atoms with Gasteiger partial charge in [-0.25, -0.2) is 17.1 Å². The summed E-state index contributed by atoms with van der Waals surface area (Å²) in [6, 6.07) is 11.5. The number of fused-ring (bicyclic) bond motifs is 1. The maximum Gasteiger partial charge on any atom is 0.231 e. The van der Waals surface area contributed by atoms with Crippen LogP contribution in [0, 0.1) is 5.82 Å². The largest absolute Gasteiger partial charge is 0.454 e. The summed E-state index contributed by atoms with van der Waals surface area (Å²) in [7, 11) is -3.43. The number of nitrogens with zero attached hydrogens (tertiary/aromatic N) is 1. The molecule has 1 unspecified atom stereocenters. The number of benzene rings is 2. The molecule has 5 nitrogen and oxygen atoms in total. The van der Waals surface area contributed by atoms with Gasteiger partial charge in [0, 0.05) is 24.1 Å². The lowest BCUT2D eigenvalue weighted by molar-refractivity contribution is 0.174. The van der Waals surface area contributed by atoms with Gasteiger partial charge in [0.05, 0.1) is 5.75 Å². The highest BCUT2D eigenvalue weighted by atomic mass is 32.2. The van der Waals surface area contributed by atoms with Crippen LogP contribution >= 0.6 is 11.8 Å². The Balaban J connectivity index is 1.44. The Morgan fingerprint density at radius 3 is 2.67 bits per heavy atom. The van der Waals surface area contributed by atoms with Crippen molar-refractivity contribution in [2.75, 3.05) is 25.6 Å². The SMILES string of the molecule is O=S(=O)(Cc1ccc(F)cc1)N1CCSC(c2ccc3c(c2)OCO3)CC1. The van der Waals surface area contributed by atoms with Gasteiger partial charge < -0.3 is 9.47 Å². The van der Waals surface area contributed by atoms with Gasteiger partial charge in [-0.15, -0.1) is 0 Å². The number of halogens is 1. The molecule has 0 spiro atoms. The van der Waals surface area contributed by atoms with E-state index in [1.54, 1.807) is 16.1 Å². The second kappa shape index (κ2) is 7.69. The van der Waals surface area contributed by atoms with E-state index in [-0.39, 0.29) is 23.6 Å². The fraction of sp³-hybridized carbons (Fsp3) is 0.368. The van der Waals surface area contributed by atoms with Gasteiger partial charge in [0.25, 0.3) is 0 Å². The molecule has 1 atom stereocenters. The predicted molar refractivity (Wildman–Crippen MR) is 103 cm³/mol. The molecule has 2 heterocycles. The highest BCUT2D eigenvalue weighted by molar-refractivity contribution is 7.99. The number of rotatable bonds is 4. The molecule has 2 aromatic carbocycles. The highest BCUT2D eigenvalue weighted by Gasteiger charge is 2.28. The molecule has 2 aliphatic rings. The van der Waals surface area contributed by atoms with Crippen LogP contribution in [0.5, 0.6) is 11.5 Å². The Bertz CT molecular complexity index is 918. The van der Waals surface area contributed by atoms with Crippen LogP contribution < -0.4 is 9.47 Å². The molecule has 2 aromatic rings. The Hall–Kier alpha value is -1.77. The molecular formula is C19H20FNO4S2. The quantitative estimate of drug-likeness (QED) is 0.773. The van der Waals surface area contributed by atoms with Gasteiger partial charge in [-0.05, 0) is 41.8 Å². The summed E-state index contributed by atoms with van der Waals surface area (Å²) in [4.78, 5) is 0. The molecule has 0 aliphatic carbocycles. The van der Waals surface area contributed by atoms with E-state index >= 15 is 0 Å². The van der Waals surface area contributed by atoms with Crippen LogP contribution in [0.15, 0.2) is 42.5 Å². The maximum absolute atomic E-state index is 13.0. The smallest absolute Gasteiger partial charge is 0.231 e. The molecule has 0 amide bonds. The van der Waals surface area contributed by atoms with Crippen LogP contribution in [0.25, 0.3) is 0 Å². The third-order valence-corrected chi connectivity index (χ3v) is 7.90. The maximum atomic E-state index is 13.0. The van der Waals surface area contributed by atoms with Gasteiger partial charge >= 0.3 is 0 Å². The normalized spacial score (nSPS) is 20.4. The van der Waals surface area contributed by atoms with E-state index in [0.29, 0.717) is 18.7 Å². The monoisotopic (exact) mass is 409 g/mol. The summed E-state index contributed by atoms with van der Waals surface area (Å²) in [5.41, 5.74) is 1.72. The Kier molecular flexibility index (Phi) is 5.29. The van der Waals surface area contributed by atoms with Crippen LogP contribution in [0.3, 0.4) is 0 Å². The first-order valence-electron chi connectivity index (χ1n) is 8.75. The molecule has 27 heavy (non-hydrogen) atoms. The number of sulfonamides is 1. The minimum Gasteiger partial charge on any atom is -0.454 e. The van der Waals surface area contributed by atoms with Crippen molar-refractivity contribution in [3.8, 4) is 11.5 Å². The van der Waals surface area contributed by atoms with Crippen molar-refractivity contribution in [2.24, 2.45) is 0 Å². The van der Waals surface area contributed by atoms with Crippen molar-refractivity contribution < 1.29 is 22.3 Å². The van der Waals surface area contributed by atoms with E-state index in [1.165, 1.54) is 24.3 Å². The summed E-state index contributed by atoms with van der Waals surface area (Å²) in [5.74, 6) is 1.75. The zero-order valence-electron chi connectivity index (χ0n) is 14.6. The fourth-order valence-corrected chi connectivity index (χ4v) is 6.18. The van der Waals surface area contributed by atoms with Crippen molar-refractivity contribution in [3.05, 3.63) is 59.4 Å². The van der Waals surface area contributed by atoms with E-state index in [0.717, 1.165) is 29.2 Å². The molecule has 0 radical (unpaired) electrons. The minimum absolute atomic E-state index is 0.105. The lowest BCUT2D eigenvalue weighted by Crippen LogP contribution is -2.34. The summed E-state index contributed by atoms with van der Waals surface area (Å²) < 4.78 is 50.9. The van der Waals surface area contributed by atoms with Crippen molar-refractivity contribution in [2.45, 2.75) is 17.4 Å². The molecule has 1 fully saturated rings. The minimum atomic E-state index is -3.43. The number of ether oxygens (including phenoxy) is 2. The second-order valence-electron chi connectivity index (χ2n) is 6.54. The highest BCUT2D eigenvalue weighted by Crippen LogP contribution is 2.40. The first kappa shape index (κ1) is 18.6. The van der Waals surface area contributed by atoms with Crippen LogP contribution in [-0.2, 0) is 15.8 Å². The zero-order chi connectivity index (χ0) is 18.9. The second-order valence-corrected chi connectivity index (χ2v) is 9.82. The summed E-state index contributed by atoms with van der Waals surface area (Å²) >= 11 is 1.76. The van der Waals surface area contributed by atoms with Gasteiger partial charge in [0.2, 0.25) is 16.8 Å². The van der Waals surface area contributed by atoms with Gasteiger partial charge in [-0.3, -0.25) is 0 Å². The third kappa shape index (κ3) is 4.23. The van der Waals surface area contributed by atoms with Crippen molar-refractivity contribution in [3.63, 3.8) is 0 Å². The van der Waals surface area contributed by atoms with Gasteiger partial charge in [-0.2, -0.15) is 11.8 Å². The van der Waals surface area contributed by atoms with Crippen molar-refractivity contribution in [1.82, 2.24) is 4.31 Å². The average Bonchev–Trinajstić information content (AvgIpc) is 2.97. The average molecular weight is 410 g/mol. The zero-order valence-corrected chi connectivity index (χ0v) is 16.3. The van der Waals surface area contributed by atoms with Gasteiger partial charge in [-0.1, -0.05) is 18.2 Å². The van der Waals surface area contributed by atoms with Gasteiger partial charge in [0.15, 0.2) is 11.5 Å². The van der Waals surface area contributed by atoms with Crippen LogP contribution in [0.4, 0.5) is 4.39 Å². The molecule has 0 aromatic heterocycles. The van der Waals surface area contributed by atoms with Gasteiger partial charge in [0.1, 0.15) is 5.82 Å². The predicted octanol–water partition coefficient (Wildman–Crippen LogP) is 3.56. The van der Waals surface area contributed by atoms with Crippen LogP contribution in [0.1, 0.15) is 22.8 Å². The molecule has 2 aliphatic heterocycles. The molecule has 1 saturated heterocycles. The standard InChI is InChI=1S/C19H20FNO4S2/c20-16-4-1-14(2-5-16)12-27(22,23)21-8-7-19(26-10-9-21)15-3-6-17-18(11-15)25-13-24-17/h1-6,11,19H,7-10,12-13H2. The van der Waals surface area contributed by atoms with Crippen molar-refractivity contribution in [1.29, 1.82) is 0 Å². The van der Waals surface area contributed by atoms with Crippen LogP contribution in [0.2, 0.25) is 0 Å². The van der Waals surface area contributed by atoms with Crippen molar-refractivity contribution >= 4 is 21.8 Å². The third-order valence-electron chi connectivity index (χ3n) is 4.72. The van der Waals surface area contributed by atoms with E-state index in [1.807, 2.05) is 18.2 Å². The topological polar surface area (TPSA) is 55.8 Å². The summed E-state index contributed by atoms with van der Waals surface area (Å²) in [6.45, 7) is 1.19. The lowest BCUT2D eigenvalue weighted by atomic mass is 10.1. The number of hydrogen-bond donors (Lipinski definition) is 0. The van der Waals surface area contributed by atoms with E-state index in [9.17, 15) is 12.8 Å². The number of thioether (sulfide) groups is 1. The fourth-order valence-electron chi connectivity index (χ4n) is 3.29. The molecule has 4 rings (SSSR count). The van der Waals surface area contributed by atoms with E-state index in [4.69, 9.17) is 9.47 Å². The van der Waals surface area contributed by atoms with Crippen LogP contribution in [-0.4, -0.2) is 38.4 Å². The summed E-state index contributed by atoms with van der Waals surface area (Å²) in [6.07, 6.45) is 0.729. The Morgan fingerprint density at radius 2 is 1.85 bits per heavy atom. The van der Waals surface area contributed by atoms with E-state index in [2.05, 4.69) is 0 Å². The molecule has 144 valence electrons. The molecule has 0 N–H and O–H groups in total. The molecule has 0 saturated carbocycles. The molecule has 8 heteroatoms. The lowest BCUT2D eigenvalue weighted by Gasteiger charge is -2.20. The Labute approximate surface area is 162 Å². The molecular weight excluding hydrogens is 389 g/mol. The summed E-state index contributed by atoms with van der Waals surface area (Å²) in [5, 5.41) is 0.213.